The van der Waals surface area contributed by atoms with Gasteiger partial charge in [0, 0.05) is 4.90 Å². The van der Waals surface area contributed by atoms with E-state index in [9.17, 15) is 9.18 Å². The number of hydrogen-bond acceptors (Lipinski definition) is 2. The van der Waals surface area contributed by atoms with Gasteiger partial charge in [0.05, 0.1) is 4.83 Å². The van der Waals surface area contributed by atoms with Gasteiger partial charge in [0.15, 0.2) is 0 Å². The SMILES string of the molecule is CSc1cc(F)cc(C(Br)C(C)=O)c1. The van der Waals surface area contributed by atoms with Crippen molar-refractivity contribution in [3.8, 4) is 0 Å². The number of benzene rings is 1. The van der Waals surface area contributed by atoms with Gasteiger partial charge in [-0.3, -0.25) is 4.79 Å². The van der Waals surface area contributed by atoms with Gasteiger partial charge >= 0.3 is 0 Å². The van der Waals surface area contributed by atoms with Crippen LogP contribution in [0.25, 0.3) is 0 Å². The molecule has 0 radical (unpaired) electrons. The highest BCUT2D eigenvalue weighted by atomic mass is 79.9. The number of halogens is 2. The summed E-state index contributed by atoms with van der Waals surface area (Å²) in [6.07, 6.45) is 1.87. The molecular formula is C10H10BrFOS. The maximum absolute atomic E-state index is 13.1. The number of carbonyl (C=O) groups is 1. The molecule has 0 N–H and O–H groups in total. The number of rotatable bonds is 3. The minimum absolute atomic E-state index is 0.0253. The summed E-state index contributed by atoms with van der Waals surface area (Å²) in [4.78, 5) is 11.5. The summed E-state index contributed by atoms with van der Waals surface area (Å²) in [5.74, 6) is -0.333. The second kappa shape index (κ2) is 4.94. The Morgan fingerprint density at radius 2 is 2.14 bits per heavy atom. The lowest BCUT2D eigenvalue weighted by Gasteiger charge is -2.07. The standard InChI is InChI=1S/C10H10BrFOS/c1-6(13)10(11)7-3-8(12)5-9(4-7)14-2/h3-5,10H,1-2H3. The van der Waals surface area contributed by atoms with E-state index in [0.29, 0.717) is 5.56 Å². The van der Waals surface area contributed by atoms with Crippen LogP contribution in [0.1, 0.15) is 17.3 Å². The van der Waals surface area contributed by atoms with Crippen molar-refractivity contribution in [3.05, 3.63) is 29.6 Å². The van der Waals surface area contributed by atoms with Gasteiger partial charge in [-0.05, 0) is 36.9 Å². The van der Waals surface area contributed by atoms with E-state index in [0.717, 1.165) is 4.90 Å². The Morgan fingerprint density at radius 3 is 2.64 bits per heavy atom. The highest BCUT2D eigenvalue weighted by molar-refractivity contribution is 9.09. The Morgan fingerprint density at radius 1 is 1.50 bits per heavy atom. The molecule has 0 heterocycles. The normalized spacial score (nSPS) is 12.6. The van der Waals surface area contributed by atoms with E-state index >= 15 is 0 Å². The number of thioether (sulfide) groups is 1. The van der Waals surface area contributed by atoms with Gasteiger partial charge in [-0.25, -0.2) is 4.39 Å². The van der Waals surface area contributed by atoms with Crippen molar-refractivity contribution in [1.82, 2.24) is 0 Å². The molecule has 1 aromatic rings. The van der Waals surface area contributed by atoms with Crippen LogP contribution in [0.15, 0.2) is 23.1 Å². The molecule has 1 unspecified atom stereocenters. The molecule has 0 aromatic heterocycles. The van der Waals surface area contributed by atoms with Gasteiger partial charge in [-0.1, -0.05) is 15.9 Å². The summed E-state index contributed by atoms with van der Waals surface area (Å²) < 4.78 is 13.1. The predicted molar refractivity (Wildman–Crippen MR) is 60.5 cm³/mol. The number of carbonyl (C=O) groups excluding carboxylic acids is 1. The number of Topliss-reactive ketones (excluding diaryl/α,β-unsaturated/α-hetero) is 1. The topological polar surface area (TPSA) is 17.1 Å². The Kier molecular flexibility index (Phi) is 4.13. The van der Waals surface area contributed by atoms with Gasteiger partial charge < -0.3 is 0 Å². The monoisotopic (exact) mass is 276 g/mol. The van der Waals surface area contributed by atoms with Crippen molar-refractivity contribution in [2.45, 2.75) is 16.6 Å². The Bertz CT molecular complexity index is 354. The molecule has 0 saturated heterocycles. The molecule has 0 bridgehead atoms. The van der Waals surface area contributed by atoms with Crippen molar-refractivity contribution in [3.63, 3.8) is 0 Å². The first-order chi connectivity index (χ1) is 6.54. The number of hydrogen-bond donors (Lipinski definition) is 0. The molecule has 0 amide bonds. The lowest BCUT2D eigenvalue weighted by molar-refractivity contribution is -0.116. The van der Waals surface area contributed by atoms with Gasteiger partial charge in [-0.15, -0.1) is 11.8 Å². The third-order valence-corrected chi connectivity index (χ3v) is 3.66. The van der Waals surface area contributed by atoms with Crippen LogP contribution in [0, 0.1) is 5.82 Å². The summed E-state index contributed by atoms with van der Waals surface area (Å²) in [5, 5.41) is 0. The average Bonchev–Trinajstić information content (AvgIpc) is 2.15. The van der Waals surface area contributed by atoms with Crippen LogP contribution in [-0.4, -0.2) is 12.0 Å². The highest BCUT2D eigenvalue weighted by Crippen LogP contribution is 2.28. The molecule has 1 aromatic carbocycles. The minimum atomic E-state index is -0.413. The maximum atomic E-state index is 13.1. The molecule has 14 heavy (non-hydrogen) atoms. The van der Waals surface area contributed by atoms with Gasteiger partial charge in [-0.2, -0.15) is 0 Å². The van der Waals surface area contributed by atoms with Crippen LogP contribution < -0.4 is 0 Å². The second-order valence-corrected chi connectivity index (χ2v) is 4.69. The molecule has 0 saturated carbocycles. The van der Waals surface area contributed by atoms with Crippen molar-refractivity contribution in [2.75, 3.05) is 6.26 Å². The zero-order chi connectivity index (χ0) is 10.7. The highest BCUT2D eigenvalue weighted by Gasteiger charge is 2.14. The molecule has 0 aliphatic heterocycles. The second-order valence-electron chi connectivity index (χ2n) is 2.90. The summed E-state index contributed by atoms with van der Waals surface area (Å²) in [6.45, 7) is 1.48. The minimum Gasteiger partial charge on any atom is -0.298 e. The smallest absolute Gasteiger partial charge is 0.147 e. The van der Waals surface area contributed by atoms with Crippen molar-refractivity contribution < 1.29 is 9.18 Å². The van der Waals surface area contributed by atoms with Crippen LogP contribution >= 0.6 is 27.7 Å². The van der Waals surface area contributed by atoms with Crippen molar-refractivity contribution in [2.24, 2.45) is 0 Å². The molecule has 0 spiro atoms. The predicted octanol–water partition coefficient (Wildman–Crippen LogP) is 3.57. The molecule has 1 atom stereocenters. The van der Waals surface area contributed by atoms with E-state index in [2.05, 4.69) is 15.9 Å². The Labute approximate surface area is 95.2 Å². The van der Waals surface area contributed by atoms with E-state index < -0.39 is 4.83 Å². The summed E-state index contributed by atoms with van der Waals surface area (Å²) in [5.41, 5.74) is 0.668. The summed E-state index contributed by atoms with van der Waals surface area (Å²) in [6, 6.07) is 4.64. The van der Waals surface area contributed by atoms with Crippen molar-refractivity contribution >= 4 is 33.5 Å². The first kappa shape index (κ1) is 11.7. The first-order valence-electron chi connectivity index (χ1n) is 4.03. The van der Waals surface area contributed by atoms with E-state index in [1.807, 2.05) is 12.3 Å². The van der Waals surface area contributed by atoms with Crippen molar-refractivity contribution in [1.29, 1.82) is 0 Å². The van der Waals surface area contributed by atoms with Gasteiger partial charge in [0.25, 0.3) is 0 Å². The van der Waals surface area contributed by atoms with Crippen LogP contribution in [0.2, 0.25) is 0 Å². The molecule has 0 fully saturated rings. The Balaban J connectivity index is 3.08. The zero-order valence-corrected chi connectivity index (χ0v) is 10.3. The van der Waals surface area contributed by atoms with Gasteiger partial charge in [0.1, 0.15) is 11.6 Å². The third-order valence-electron chi connectivity index (χ3n) is 1.78. The first-order valence-corrected chi connectivity index (χ1v) is 6.17. The molecule has 4 heteroatoms. The fraction of sp³-hybridized carbons (Fsp3) is 0.300. The molecule has 0 aliphatic carbocycles. The number of ketones is 1. The van der Waals surface area contributed by atoms with Crippen LogP contribution in [-0.2, 0) is 4.79 Å². The lowest BCUT2D eigenvalue weighted by Crippen LogP contribution is -2.01. The van der Waals surface area contributed by atoms with Crippen LogP contribution in [0.5, 0.6) is 0 Å². The largest absolute Gasteiger partial charge is 0.298 e. The van der Waals surface area contributed by atoms with E-state index in [-0.39, 0.29) is 11.6 Å². The van der Waals surface area contributed by atoms with Crippen LogP contribution in [0.3, 0.4) is 0 Å². The maximum Gasteiger partial charge on any atom is 0.147 e. The van der Waals surface area contributed by atoms with Gasteiger partial charge in [0.2, 0.25) is 0 Å². The fourth-order valence-electron chi connectivity index (χ4n) is 1.08. The molecule has 1 nitrogen and oxygen atoms in total. The number of alkyl halides is 1. The summed E-state index contributed by atoms with van der Waals surface area (Å²) >= 11 is 4.68. The molecule has 76 valence electrons. The zero-order valence-electron chi connectivity index (χ0n) is 7.88. The van der Waals surface area contributed by atoms with E-state index in [1.54, 1.807) is 0 Å². The fourth-order valence-corrected chi connectivity index (χ4v) is 1.83. The van der Waals surface area contributed by atoms with E-state index in [1.165, 1.54) is 30.8 Å². The van der Waals surface area contributed by atoms with Crippen LogP contribution in [0.4, 0.5) is 4.39 Å². The molecular weight excluding hydrogens is 267 g/mol. The molecule has 1 rings (SSSR count). The summed E-state index contributed by atoms with van der Waals surface area (Å²) in [7, 11) is 0. The van der Waals surface area contributed by atoms with E-state index in [4.69, 9.17) is 0 Å². The third kappa shape index (κ3) is 2.82. The molecule has 0 aliphatic rings. The quantitative estimate of drug-likeness (QED) is 0.620. The lowest BCUT2D eigenvalue weighted by atomic mass is 10.1. The average molecular weight is 277 g/mol. The Hall–Kier alpha value is -0.350.